The zero-order valence-electron chi connectivity index (χ0n) is 15.8. The molecular formula is C19H30Cl2N4O2. The first-order valence-corrected chi connectivity index (χ1v) is 9.30. The molecule has 27 heavy (non-hydrogen) atoms. The maximum Gasteiger partial charge on any atom is 0.222 e. The molecule has 2 fully saturated rings. The Hall–Kier alpha value is -1.37. The summed E-state index contributed by atoms with van der Waals surface area (Å²) in [5, 5.41) is 3.13. The number of fused-ring (bicyclic) bond motifs is 1. The molecule has 152 valence electrons. The average Bonchev–Trinajstić information content (AvgIpc) is 2.66. The van der Waals surface area contributed by atoms with Crippen molar-refractivity contribution in [2.75, 3.05) is 33.2 Å². The van der Waals surface area contributed by atoms with E-state index in [1.807, 2.05) is 35.2 Å². The van der Waals surface area contributed by atoms with Crippen molar-refractivity contribution in [1.82, 2.24) is 20.1 Å². The molecular weight excluding hydrogens is 387 g/mol. The van der Waals surface area contributed by atoms with Gasteiger partial charge in [0.1, 0.15) is 0 Å². The van der Waals surface area contributed by atoms with Gasteiger partial charge in [0, 0.05) is 57.5 Å². The number of aromatic nitrogens is 1. The van der Waals surface area contributed by atoms with Gasteiger partial charge in [-0.3, -0.25) is 14.6 Å². The highest BCUT2D eigenvalue weighted by Gasteiger charge is 2.39. The first kappa shape index (κ1) is 23.7. The third-order valence-electron chi connectivity index (χ3n) is 5.45. The van der Waals surface area contributed by atoms with Gasteiger partial charge in [0.15, 0.2) is 0 Å². The van der Waals surface area contributed by atoms with E-state index in [0.717, 1.165) is 51.0 Å². The van der Waals surface area contributed by atoms with E-state index in [2.05, 4.69) is 10.3 Å². The van der Waals surface area contributed by atoms with Crippen LogP contribution in [0.5, 0.6) is 0 Å². The SMILES string of the molecule is CNCCN1C(=O)CC[C@H]2CN(C(=O)CCc3cccnc3)CC[C@H]21.Cl.Cl. The number of rotatable bonds is 6. The summed E-state index contributed by atoms with van der Waals surface area (Å²) in [7, 11) is 1.91. The first-order chi connectivity index (χ1) is 12.2. The maximum absolute atomic E-state index is 12.6. The Labute approximate surface area is 173 Å². The Morgan fingerprint density at radius 2 is 2.15 bits per heavy atom. The second-order valence-corrected chi connectivity index (χ2v) is 7.05. The van der Waals surface area contributed by atoms with Gasteiger partial charge >= 0.3 is 0 Å². The number of likely N-dealkylation sites (N-methyl/N-ethyl adjacent to an activating group) is 1. The highest BCUT2D eigenvalue weighted by atomic mass is 35.5. The molecule has 0 unspecified atom stereocenters. The van der Waals surface area contributed by atoms with Crippen LogP contribution in [-0.2, 0) is 16.0 Å². The smallest absolute Gasteiger partial charge is 0.222 e. The summed E-state index contributed by atoms with van der Waals surface area (Å²) in [5.41, 5.74) is 1.10. The zero-order valence-corrected chi connectivity index (χ0v) is 17.4. The molecule has 6 nitrogen and oxygen atoms in total. The Morgan fingerprint density at radius 1 is 1.33 bits per heavy atom. The van der Waals surface area contributed by atoms with Crippen molar-refractivity contribution < 1.29 is 9.59 Å². The third kappa shape index (κ3) is 6.06. The lowest BCUT2D eigenvalue weighted by Gasteiger charge is -2.47. The molecule has 3 heterocycles. The number of hydrogen-bond donors (Lipinski definition) is 1. The van der Waals surface area contributed by atoms with Crippen LogP contribution in [-0.4, -0.2) is 65.9 Å². The van der Waals surface area contributed by atoms with Crippen LogP contribution in [0.1, 0.15) is 31.2 Å². The Balaban J connectivity index is 0.00000182. The minimum absolute atomic E-state index is 0. The van der Waals surface area contributed by atoms with E-state index in [-0.39, 0.29) is 36.6 Å². The van der Waals surface area contributed by atoms with Gasteiger partial charge in [-0.2, -0.15) is 0 Å². The maximum atomic E-state index is 12.6. The van der Waals surface area contributed by atoms with E-state index >= 15 is 0 Å². The van der Waals surface area contributed by atoms with Crippen LogP contribution in [0.4, 0.5) is 0 Å². The predicted molar refractivity (Wildman–Crippen MR) is 110 cm³/mol. The lowest BCUT2D eigenvalue weighted by molar-refractivity contribution is -0.144. The molecule has 2 aliphatic rings. The summed E-state index contributed by atoms with van der Waals surface area (Å²) in [6.07, 6.45) is 7.27. The van der Waals surface area contributed by atoms with Gasteiger partial charge in [-0.15, -0.1) is 24.8 Å². The minimum atomic E-state index is 0. The summed E-state index contributed by atoms with van der Waals surface area (Å²) in [4.78, 5) is 33.0. The van der Waals surface area contributed by atoms with Crippen LogP contribution < -0.4 is 5.32 Å². The standard InChI is InChI=1S/C19H28N4O2.2ClH/c1-20-10-12-23-17-8-11-22(14-16(17)5-7-19(23)25)18(24)6-4-15-3-2-9-21-13-15;;/h2-3,9,13,16-17,20H,4-8,10-12,14H2,1H3;2*1H/t16-,17+;;/m0../s1. The van der Waals surface area contributed by atoms with Crippen molar-refractivity contribution in [2.45, 2.75) is 38.1 Å². The molecule has 1 aromatic rings. The number of hydrogen-bond acceptors (Lipinski definition) is 4. The summed E-state index contributed by atoms with van der Waals surface area (Å²) in [6.45, 7) is 3.14. The predicted octanol–water partition coefficient (Wildman–Crippen LogP) is 1.92. The van der Waals surface area contributed by atoms with Gasteiger partial charge in [0.05, 0.1) is 0 Å². The molecule has 2 aliphatic heterocycles. The number of piperidine rings is 2. The molecule has 0 spiro atoms. The normalized spacial score (nSPS) is 21.7. The number of amides is 2. The number of likely N-dealkylation sites (tertiary alicyclic amines) is 2. The van der Waals surface area contributed by atoms with Crippen molar-refractivity contribution in [1.29, 1.82) is 0 Å². The molecule has 2 saturated heterocycles. The van der Waals surface area contributed by atoms with E-state index in [9.17, 15) is 9.59 Å². The van der Waals surface area contributed by atoms with E-state index in [1.165, 1.54) is 0 Å². The third-order valence-corrected chi connectivity index (χ3v) is 5.45. The number of carbonyl (C=O) groups excluding carboxylic acids is 2. The molecule has 2 amide bonds. The minimum Gasteiger partial charge on any atom is -0.342 e. The largest absolute Gasteiger partial charge is 0.342 e. The molecule has 0 aromatic carbocycles. The van der Waals surface area contributed by atoms with Gasteiger partial charge in [-0.25, -0.2) is 0 Å². The number of nitrogens with one attached hydrogen (secondary N) is 1. The van der Waals surface area contributed by atoms with Crippen molar-refractivity contribution in [3.63, 3.8) is 0 Å². The second kappa shape index (κ2) is 11.5. The van der Waals surface area contributed by atoms with Crippen molar-refractivity contribution in [2.24, 2.45) is 5.92 Å². The van der Waals surface area contributed by atoms with Gasteiger partial charge in [0.25, 0.3) is 0 Å². The van der Waals surface area contributed by atoms with Crippen molar-refractivity contribution >= 4 is 36.6 Å². The fourth-order valence-electron chi connectivity index (χ4n) is 4.06. The van der Waals surface area contributed by atoms with E-state index in [4.69, 9.17) is 0 Å². The van der Waals surface area contributed by atoms with Crippen LogP contribution in [0.25, 0.3) is 0 Å². The molecule has 0 saturated carbocycles. The zero-order chi connectivity index (χ0) is 17.6. The number of pyridine rings is 1. The fourth-order valence-corrected chi connectivity index (χ4v) is 4.06. The number of halogens is 2. The molecule has 1 aromatic heterocycles. The monoisotopic (exact) mass is 416 g/mol. The second-order valence-electron chi connectivity index (χ2n) is 7.05. The van der Waals surface area contributed by atoms with Gasteiger partial charge in [-0.05, 0) is 43.9 Å². The van der Waals surface area contributed by atoms with Gasteiger partial charge < -0.3 is 15.1 Å². The first-order valence-electron chi connectivity index (χ1n) is 9.30. The topological polar surface area (TPSA) is 65.5 Å². The molecule has 1 N–H and O–H groups in total. The summed E-state index contributed by atoms with van der Waals surface area (Å²) in [6, 6.07) is 4.22. The molecule has 0 bridgehead atoms. The van der Waals surface area contributed by atoms with Crippen molar-refractivity contribution in [3.05, 3.63) is 30.1 Å². The lowest BCUT2D eigenvalue weighted by Crippen LogP contribution is -2.57. The molecule has 0 aliphatic carbocycles. The molecule has 0 radical (unpaired) electrons. The molecule has 8 heteroatoms. The van der Waals surface area contributed by atoms with E-state index in [1.54, 1.807) is 6.20 Å². The van der Waals surface area contributed by atoms with Crippen LogP contribution in [0.3, 0.4) is 0 Å². The quantitative estimate of drug-likeness (QED) is 0.768. The summed E-state index contributed by atoms with van der Waals surface area (Å²) < 4.78 is 0. The van der Waals surface area contributed by atoms with E-state index in [0.29, 0.717) is 24.8 Å². The summed E-state index contributed by atoms with van der Waals surface area (Å²) >= 11 is 0. The molecule has 3 rings (SSSR count). The van der Waals surface area contributed by atoms with Crippen molar-refractivity contribution in [3.8, 4) is 0 Å². The number of carbonyl (C=O) groups is 2. The van der Waals surface area contributed by atoms with Crippen LogP contribution >= 0.6 is 24.8 Å². The van der Waals surface area contributed by atoms with Crippen LogP contribution in [0.15, 0.2) is 24.5 Å². The fraction of sp³-hybridized carbons (Fsp3) is 0.632. The highest BCUT2D eigenvalue weighted by Crippen LogP contribution is 2.31. The number of aryl methyl sites for hydroxylation is 1. The highest BCUT2D eigenvalue weighted by molar-refractivity contribution is 5.85. The number of nitrogens with zero attached hydrogens (tertiary/aromatic N) is 3. The van der Waals surface area contributed by atoms with Crippen LogP contribution in [0.2, 0.25) is 0 Å². The Morgan fingerprint density at radius 3 is 2.85 bits per heavy atom. The summed E-state index contributed by atoms with van der Waals surface area (Å²) in [5.74, 6) is 0.916. The average molecular weight is 417 g/mol. The molecule has 2 atom stereocenters. The van der Waals surface area contributed by atoms with Crippen LogP contribution in [0, 0.1) is 5.92 Å². The lowest BCUT2D eigenvalue weighted by atomic mass is 9.83. The Bertz CT molecular complexity index is 603. The van der Waals surface area contributed by atoms with E-state index < -0.39 is 0 Å². The van der Waals surface area contributed by atoms with Gasteiger partial charge in [0.2, 0.25) is 11.8 Å². The Kier molecular flexibility index (Phi) is 10.1. The van der Waals surface area contributed by atoms with Gasteiger partial charge in [-0.1, -0.05) is 6.07 Å².